The number of rotatable bonds is 4. The largest absolute Gasteiger partial charge is 0.398 e. The average molecular weight is 402 g/mol. The number of benzene rings is 1. The second-order valence-corrected chi connectivity index (χ2v) is 9.08. The number of anilines is 2. The van der Waals surface area contributed by atoms with Crippen LogP contribution < -0.4 is 15.4 Å². The van der Waals surface area contributed by atoms with E-state index in [1.165, 1.54) is 0 Å². The molecule has 1 saturated carbocycles. The van der Waals surface area contributed by atoms with E-state index in [1.54, 1.807) is 11.0 Å². The molecular weight excluding hydrogens is 374 g/mol. The van der Waals surface area contributed by atoms with Crippen LogP contribution in [0.2, 0.25) is 0 Å². The molecule has 26 heavy (non-hydrogen) atoms. The van der Waals surface area contributed by atoms with Gasteiger partial charge in [-0.15, -0.1) is 12.4 Å². The normalized spacial score (nSPS) is 23.0. The number of sulfonamides is 1. The number of nitrogens with zero attached hydrogens (tertiary/aromatic N) is 1. The van der Waals surface area contributed by atoms with Crippen molar-refractivity contribution in [2.75, 3.05) is 22.9 Å². The van der Waals surface area contributed by atoms with Gasteiger partial charge in [-0.1, -0.05) is 13.0 Å². The lowest BCUT2D eigenvalue weighted by Gasteiger charge is -2.31. The van der Waals surface area contributed by atoms with E-state index in [0.29, 0.717) is 18.2 Å². The number of amides is 1. The number of halogens is 1. The Hall–Kier alpha value is -1.31. The first-order chi connectivity index (χ1) is 11.9. The van der Waals surface area contributed by atoms with Crippen LogP contribution in [0.1, 0.15) is 44.6 Å². The van der Waals surface area contributed by atoms with Gasteiger partial charge in [0.05, 0.1) is 0 Å². The maximum absolute atomic E-state index is 12.6. The van der Waals surface area contributed by atoms with Crippen molar-refractivity contribution in [2.24, 2.45) is 5.92 Å². The van der Waals surface area contributed by atoms with Gasteiger partial charge in [-0.2, -0.15) is 0 Å². The minimum Gasteiger partial charge on any atom is -0.398 e. The summed E-state index contributed by atoms with van der Waals surface area (Å²) in [7, 11) is -3.63. The Bertz CT molecular complexity index is 746. The molecule has 1 aromatic carbocycles. The fourth-order valence-electron chi connectivity index (χ4n) is 3.82. The summed E-state index contributed by atoms with van der Waals surface area (Å²) in [5, 5.41) is 0. The molecule has 0 spiro atoms. The quantitative estimate of drug-likeness (QED) is 0.758. The van der Waals surface area contributed by atoms with Gasteiger partial charge in [-0.25, -0.2) is 13.1 Å². The molecule has 1 aliphatic carbocycles. The highest BCUT2D eigenvalue weighted by Gasteiger charge is 2.29. The van der Waals surface area contributed by atoms with Crippen molar-refractivity contribution >= 4 is 39.7 Å². The topological polar surface area (TPSA) is 92.5 Å². The molecule has 3 N–H and O–H groups in total. The van der Waals surface area contributed by atoms with Gasteiger partial charge < -0.3 is 10.6 Å². The van der Waals surface area contributed by atoms with E-state index in [1.807, 2.05) is 12.1 Å². The van der Waals surface area contributed by atoms with Crippen LogP contribution >= 0.6 is 12.4 Å². The van der Waals surface area contributed by atoms with Gasteiger partial charge in [-0.3, -0.25) is 4.79 Å². The van der Waals surface area contributed by atoms with Gasteiger partial charge in [0.25, 0.3) is 0 Å². The van der Waals surface area contributed by atoms with E-state index in [-0.39, 0.29) is 24.4 Å². The van der Waals surface area contributed by atoms with Crippen molar-refractivity contribution in [3.63, 3.8) is 0 Å². The predicted octanol–water partition coefficient (Wildman–Crippen LogP) is 2.47. The Morgan fingerprint density at radius 1 is 1.27 bits per heavy atom. The maximum Gasteiger partial charge on any atom is 0.243 e. The zero-order valence-electron chi connectivity index (χ0n) is 15.1. The monoisotopic (exact) mass is 401 g/mol. The number of nitrogens with one attached hydrogen (secondary N) is 1. The molecule has 0 unspecified atom stereocenters. The zero-order valence-corrected chi connectivity index (χ0v) is 16.7. The van der Waals surface area contributed by atoms with Crippen molar-refractivity contribution in [3.05, 3.63) is 23.8 Å². The summed E-state index contributed by atoms with van der Waals surface area (Å²) in [5.74, 6) is -0.242. The van der Waals surface area contributed by atoms with Crippen LogP contribution in [0.15, 0.2) is 18.2 Å². The van der Waals surface area contributed by atoms with E-state index in [9.17, 15) is 13.2 Å². The highest BCUT2D eigenvalue weighted by Crippen LogP contribution is 2.31. The molecule has 1 aromatic rings. The lowest BCUT2D eigenvalue weighted by Crippen LogP contribution is -2.45. The van der Waals surface area contributed by atoms with Crippen LogP contribution in [0, 0.1) is 5.92 Å². The van der Waals surface area contributed by atoms with E-state index in [2.05, 4.69) is 11.6 Å². The molecule has 0 bridgehead atoms. The summed E-state index contributed by atoms with van der Waals surface area (Å²) in [5.41, 5.74) is 8.34. The number of hydrogen-bond acceptors (Lipinski definition) is 4. The molecule has 0 saturated heterocycles. The minimum atomic E-state index is -3.63. The molecule has 0 aromatic heterocycles. The van der Waals surface area contributed by atoms with Gasteiger partial charge in [0, 0.05) is 24.0 Å². The smallest absolute Gasteiger partial charge is 0.243 e. The highest BCUT2D eigenvalue weighted by atomic mass is 35.5. The number of hydrogen-bond donors (Lipinski definition) is 2. The lowest BCUT2D eigenvalue weighted by molar-refractivity contribution is -0.116. The summed E-state index contributed by atoms with van der Waals surface area (Å²) >= 11 is 0. The molecule has 6 nitrogen and oxygen atoms in total. The van der Waals surface area contributed by atoms with E-state index in [0.717, 1.165) is 49.8 Å². The molecule has 1 aliphatic heterocycles. The van der Waals surface area contributed by atoms with Crippen molar-refractivity contribution in [1.29, 1.82) is 0 Å². The Labute approximate surface area is 162 Å². The summed E-state index contributed by atoms with van der Waals surface area (Å²) in [6.45, 7) is 2.72. The number of carbonyl (C=O) groups is 1. The van der Waals surface area contributed by atoms with E-state index < -0.39 is 15.8 Å². The maximum atomic E-state index is 12.6. The molecule has 1 amide bonds. The van der Waals surface area contributed by atoms with E-state index in [4.69, 9.17) is 5.73 Å². The number of nitrogen functional groups attached to an aromatic ring is 1. The molecule has 1 heterocycles. The molecule has 0 radical (unpaired) electrons. The highest BCUT2D eigenvalue weighted by molar-refractivity contribution is 7.90. The molecular formula is C18H28ClN3O3S. The molecule has 8 heteroatoms. The molecule has 0 atom stereocenters. The third-order valence-electron chi connectivity index (χ3n) is 5.26. The number of carbonyl (C=O) groups excluding carboxylic acids is 1. The van der Waals surface area contributed by atoms with Crippen molar-refractivity contribution in [2.45, 2.75) is 51.5 Å². The molecule has 1 fully saturated rings. The van der Waals surface area contributed by atoms with Crippen LogP contribution in [0.5, 0.6) is 0 Å². The number of nitrogens with two attached hydrogens (primary N) is 1. The lowest BCUT2D eigenvalue weighted by atomic mass is 9.88. The van der Waals surface area contributed by atoms with Crippen LogP contribution in [0.25, 0.3) is 0 Å². The standard InChI is InChI=1S/C18H27N3O3S.ClH/c1-13-7-9-14(10-8-13)20-25(23,24)12-18(22)21-11-3-4-15-16(19)5-2-6-17(15)21;/h2,5-6,13-14,20H,3-4,7-12,19H2,1H3;1H. The van der Waals surface area contributed by atoms with Crippen LogP contribution in [0.4, 0.5) is 11.4 Å². The summed E-state index contributed by atoms with van der Waals surface area (Å²) < 4.78 is 27.6. The summed E-state index contributed by atoms with van der Waals surface area (Å²) in [6.07, 6.45) is 5.35. The van der Waals surface area contributed by atoms with Gasteiger partial charge in [0.1, 0.15) is 5.75 Å². The zero-order chi connectivity index (χ0) is 18.0. The molecule has 146 valence electrons. The van der Waals surface area contributed by atoms with Crippen LogP contribution in [0.3, 0.4) is 0 Å². The van der Waals surface area contributed by atoms with Crippen molar-refractivity contribution < 1.29 is 13.2 Å². The second-order valence-electron chi connectivity index (χ2n) is 7.33. The predicted molar refractivity (Wildman–Crippen MR) is 107 cm³/mol. The second kappa shape index (κ2) is 8.59. The van der Waals surface area contributed by atoms with E-state index >= 15 is 0 Å². The SMILES string of the molecule is CC1CCC(NS(=O)(=O)CC(=O)N2CCCc3c(N)cccc32)CC1.Cl. The third kappa shape index (κ3) is 4.90. The summed E-state index contributed by atoms with van der Waals surface area (Å²) in [6, 6.07) is 5.41. The first-order valence-corrected chi connectivity index (χ1v) is 10.7. The Morgan fingerprint density at radius 3 is 2.65 bits per heavy atom. The number of fused-ring (bicyclic) bond motifs is 1. The molecule has 2 aliphatic rings. The Kier molecular flexibility index (Phi) is 6.93. The van der Waals surface area contributed by atoms with Gasteiger partial charge in [0.2, 0.25) is 15.9 Å². The Morgan fingerprint density at radius 2 is 1.96 bits per heavy atom. The van der Waals surface area contributed by atoms with Crippen molar-refractivity contribution in [1.82, 2.24) is 4.72 Å². The first kappa shape index (κ1) is 21.0. The van der Waals surface area contributed by atoms with Gasteiger partial charge in [-0.05, 0) is 62.1 Å². The minimum absolute atomic E-state index is 0. The average Bonchev–Trinajstić information content (AvgIpc) is 2.56. The third-order valence-corrected chi connectivity index (χ3v) is 6.58. The van der Waals surface area contributed by atoms with Crippen LogP contribution in [-0.4, -0.2) is 32.7 Å². The Balaban J connectivity index is 0.00000243. The van der Waals surface area contributed by atoms with Gasteiger partial charge in [0.15, 0.2) is 0 Å². The van der Waals surface area contributed by atoms with Gasteiger partial charge >= 0.3 is 0 Å². The van der Waals surface area contributed by atoms with Crippen LogP contribution in [-0.2, 0) is 21.2 Å². The fourth-order valence-corrected chi connectivity index (χ4v) is 5.13. The first-order valence-electron chi connectivity index (χ1n) is 9.03. The summed E-state index contributed by atoms with van der Waals surface area (Å²) in [4.78, 5) is 14.2. The fraction of sp³-hybridized carbons (Fsp3) is 0.611. The van der Waals surface area contributed by atoms with Crippen molar-refractivity contribution in [3.8, 4) is 0 Å². The molecule has 3 rings (SSSR count).